The Hall–Kier alpha value is -0.130. The molecule has 1 aliphatic rings. The molecule has 3 nitrogen and oxygen atoms in total. The molecule has 1 heterocycles. The summed E-state index contributed by atoms with van der Waals surface area (Å²) in [6, 6.07) is 6.19. The van der Waals surface area contributed by atoms with E-state index < -0.39 is 0 Å². The van der Waals surface area contributed by atoms with Crippen LogP contribution in [0.3, 0.4) is 0 Å². The first kappa shape index (κ1) is 16.2. The van der Waals surface area contributed by atoms with Gasteiger partial charge < -0.3 is 10.5 Å². The van der Waals surface area contributed by atoms with Gasteiger partial charge in [-0.2, -0.15) is 0 Å². The van der Waals surface area contributed by atoms with Crippen molar-refractivity contribution in [3.63, 3.8) is 0 Å². The maximum absolute atomic E-state index is 6.38. The van der Waals surface area contributed by atoms with Gasteiger partial charge >= 0.3 is 0 Å². The first-order valence-electron chi connectivity index (χ1n) is 7.16. The first-order valence-corrected chi connectivity index (χ1v) is 8.33. The SMILES string of the molecule is CCOC1CCCN(C(CN)c2ccc(Br)cc2Cl)C1. The fourth-order valence-electron chi connectivity index (χ4n) is 2.87. The number of hydrogen-bond donors (Lipinski definition) is 1. The molecule has 0 radical (unpaired) electrons. The predicted molar refractivity (Wildman–Crippen MR) is 87.2 cm³/mol. The monoisotopic (exact) mass is 360 g/mol. The number of rotatable bonds is 5. The number of likely N-dealkylation sites (tertiary alicyclic amines) is 1. The summed E-state index contributed by atoms with van der Waals surface area (Å²) in [5, 5.41) is 0.772. The van der Waals surface area contributed by atoms with Crippen molar-refractivity contribution in [2.75, 3.05) is 26.2 Å². The molecule has 5 heteroatoms. The topological polar surface area (TPSA) is 38.5 Å². The summed E-state index contributed by atoms with van der Waals surface area (Å²) in [5.74, 6) is 0. The van der Waals surface area contributed by atoms with Crippen LogP contribution >= 0.6 is 27.5 Å². The van der Waals surface area contributed by atoms with Gasteiger partial charge in [-0.1, -0.05) is 33.6 Å². The lowest BCUT2D eigenvalue weighted by Gasteiger charge is -2.38. The van der Waals surface area contributed by atoms with Crippen molar-refractivity contribution in [2.45, 2.75) is 31.9 Å². The van der Waals surface area contributed by atoms with Crippen molar-refractivity contribution >= 4 is 27.5 Å². The Morgan fingerprint density at radius 3 is 3.00 bits per heavy atom. The van der Waals surface area contributed by atoms with Gasteiger partial charge in [0.2, 0.25) is 0 Å². The van der Waals surface area contributed by atoms with Crippen LogP contribution in [0.4, 0.5) is 0 Å². The normalized spacial score (nSPS) is 21.9. The lowest BCUT2D eigenvalue weighted by molar-refractivity contribution is -0.00658. The molecule has 1 saturated heterocycles. The van der Waals surface area contributed by atoms with Crippen LogP contribution in [-0.2, 0) is 4.74 Å². The second kappa shape index (κ2) is 7.76. The van der Waals surface area contributed by atoms with Crippen LogP contribution in [0.2, 0.25) is 5.02 Å². The second-order valence-electron chi connectivity index (χ2n) is 5.13. The Bertz CT molecular complexity index is 442. The highest BCUT2D eigenvalue weighted by Gasteiger charge is 2.27. The van der Waals surface area contributed by atoms with Crippen molar-refractivity contribution in [3.8, 4) is 0 Å². The summed E-state index contributed by atoms with van der Waals surface area (Å²) in [6.07, 6.45) is 2.60. The molecule has 0 spiro atoms. The molecule has 1 aromatic carbocycles. The summed E-state index contributed by atoms with van der Waals surface area (Å²) in [5.41, 5.74) is 7.12. The van der Waals surface area contributed by atoms with Crippen molar-refractivity contribution < 1.29 is 4.74 Å². The van der Waals surface area contributed by atoms with Crippen molar-refractivity contribution in [1.82, 2.24) is 4.90 Å². The van der Waals surface area contributed by atoms with Crippen LogP contribution < -0.4 is 5.73 Å². The molecule has 0 amide bonds. The van der Waals surface area contributed by atoms with E-state index in [4.69, 9.17) is 22.1 Å². The zero-order valence-electron chi connectivity index (χ0n) is 11.8. The molecule has 2 atom stereocenters. The highest BCUT2D eigenvalue weighted by atomic mass is 79.9. The Morgan fingerprint density at radius 2 is 2.35 bits per heavy atom. The van der Waals surface area contributed by atoms with Crippen LogP contribution in [0.1, 0.15) is 31.4 Å². The second-order valence-corrected chi connectivity index (χ2v) is 6.45. The number of ether oxygens (including phenoxy) is 1. The quantitative estimate of drug-likeness (QED) is 0.871. The fraction of sp³-hybridized carbons (Fsp3) is 0.600. The van der Waals surface area contributed by atoms with Gasteiger partial charge in [-0.3, -0.25) is 4.90 Å². The maximum atomic E-state index is 6.38. The average Bonchev–Trinajstić information content (AvgIpc) is 2.43. The van der Waals surface area contributed by atoms with Crippen molar-refractivity contribution in [3.05, 3.63) is 33.3 Å². The standard InChI is InChI=1S/C15H22BrClN2O/c1-2-20-12-4-3-7-19(10-12)15(9-18)13-6-5-11(16)8-14(13)17/h5-6,8,12,15H,2-4,7,9-10,18H2,1H3. The minimum atomic E-state index is 0.166. The molecule has 1 fully saturated rings. The Balaban J connectivity index is 2.14. The van der Waals surface area contributed by atoms with Crippen LogP contribution in [-0.4, -0.2) is 37.2 Å². The number of nitrogens with two attached hydrogens (primary N) is 1. The van der Waals surface area contributed by atoms with Gasteiger partial charge in [-0.25, -0.2) is 0 Å². The van der Waals surface area contributed by atoms with Crippen molar-refractivity contribution in [1.29, 1.82) is 0 Å². The van der Waals surface area contributed by atoms with Crippen LogP contribution in [0.25, 0.3) is 0 Å². The van der Waals surface area contributed by atoms with Crippen molar-refractivity contribution in [2.24, 2.45) is 5.73 Å². The van der Waals surface area contributed by atoms with Gasteiger partial charge in [0.25, 0.3) is 0 Å². The van der Waals surface area contributed by atoms with Crippen LogP contribution in [0.15, 0.2) is 22.7 Å². The molecule has 112 valence electrons. The minimum Gasteiger partial charge on any atom is -0.377 e. The van der Waals surface area contributed by atoms with E-state index in [9.17, 15) is 0 Å². The summed E-state index contributed by atoms with van der Waals surface area (Å²) < 4.78 is 6.76. The molecule has 1 aromatic rings. The van der Waals surface area contributed by atoms with Gasteiger partial charge in [-0.15, -0.1) is 0 Å². The molecule has 1 aliphatic heterocycles. The molecule has 20 heavy (non-hydrogen) atoms. The smallest absolute Gasteiger partial charge is 0.0702 e. The van der Waals surface area contributed by atoms with Gasteiger partial charge in [0.05, 0.1) is 6.10 Å². The number of halogens is 2. The fourth-order valence-corrected chi connectivity index (χ4v) is 3.66. The molecule has 0 aromatic heterocycles. The number of hydrogen-bond acceptors (Lipinski definition) is 3. The van der Waals surface area contributed by atoms with E-state index in [1.807, 2.05) is 19.1 Å². The predicted octanol–water partition coefficient (Wildman–Crippen LogP) is 3.60. The van der Waals surface area contributed by atoms with Crippen LogP contribution in [0, 0.1) is 0 Å². The largest absolute Gasteiger partial charge is 0.377 e. The molecule has 0 aliphatic carbocycles. The summed E-state index contributed by atoms with van der Waals surface area (Å²) in [7, 11) is 0. The molecular weight excluding hydrogens is 340 g/mol. The minimum absolute atomic E-state index is 0.166. The first-order chi connectivity index (χ1) is 9.65. The number of piperidine rings is 1. The third-order valence-electron chi connectivity index (χ3n) is 3.80. The highest BCUT2D eigenvalue weighted by molar-refractivity contribution is 9.10. The van der Waals surface area contributed by atoms with E-state index in [-0.39, 0.29) is 6.04 Å². The van der Waals surface area contributed by atoms with Crippen LogP contribution in [0.5, 0.6) is 0 Å². The summed E-state index contributed by atoms with van der Waals surface area (Å²) in [6.45, 7) is 5.37. The maximum Gasteiger partial charge on any atom is 0.0702 e. The molecule has 2 rings (SSSR count). The Labute approximate surface area is 134 Å². The molecular formula is C15H22BrClN2O. The molecule has 2 unspecified atom stereocenters. The third kappa shape index (κ3) is 3.95. The lowest BCUT2D eigenvalue weighted by Crippen LogP contribution is -2.44. The van der Waals surface area contributed by atoms with Gasteiger partial charge in [0.1, 0.15) is 0 Å². The molecule has 2 N–H and O–H groups in total. The number of nitrogens with zero attached hydrogens (tertiary/aromatic N) is 1. The van der Waals surface area contributed by atoms with Gasteiger partial charge in [-0.05, 0) is 44.0 Å². The lowest BCUT2D eigenvalue weighted by atomic mass is 10.0. The third-order valence-corrected chi connectivity index (χ3v) is 4.62. The number of benzene rings is 1. The summed E-state index contributed by atoms with van der Waals surface area (Å²) in [4.78, 5) is 2.40. The van der Waals surface area contributed by atoms with E-state index in [1.54, 1.807) is 0 Å². The van der Waals surface area contributed by atoms with E-state index in [2.05, 4.69) is 26.9 Å². The Kier molecular flexibility index (Phi) is 6.30. The average molecular weight is 362 g/mol. The van der Waals surface area contributed by atoms with E-state index >= 15 is 0 Å². The summed E-state index contributed by atoms with van der Waals surface area (Å²) >= 11 is 9.82. The molecule has 0 saturated carbocycles. The zero-order chi connectivity index (χ0) is 14.5. The molecule has 0 bridgehead atoms. The highest BCUT2D eigenvalue weighted by Crippen LogP contribution is 2.31. The van der Waals surface area contributed by atoms with E-state index in [0.717, 1.165) is 47.6 Å². The van der Waals surface area contributed by atoms with E-state index in [0.29, 0.717) is 12.6 Å². The Morgan fingerprint density at radius 1 is 1.55 bits per heavy atom. The van der Waals surface area contributed by atoms with Gasteiger partial charge in [0.15, 0.2) is 0 Å². The van der Waals surface area contributed by atoms with Gasteiger partial charge in [0, 0.05) is 35.2 Å². The van der Waals surface area contributed by atoms with E-state index in [1.165, 1.54) is 0 Å². The zero-order valence-corrected chi connectivity index (χ0v) is 14.2.